The highest BCUT2D eigenvalue weighted by molar-refractivity contribution is 5.85. The van der Waals surface area contributed by atoms with E-state index in [9.17, 15) is 14.4 Å². The van der Waals surface area contributed by atoms with Crippen molar-refractivity contribution in [2.45, 2.75) is 39.2 Å². The molecule has 0 spiro atoms. The van der Waals surface area contributed by atoms with Gasteiger partial charge in [-0.2, -0.15) is 0 Å². The number of carboxylic acid groups (broad SMARTS) is 1. The molecule has 1 fully saturated rings. The quantitative estimate of drug-likeness (QED) is 0.678. The molecular weight excluding hydrogens is 262 g/mol. The number of amides is 3. The maximum Gasteiger partial charge on any atom is 0.326 e. The highest BCUT2D eigenvalue weighted by Gasteiger charge is 2.31. The van der Waals surface area contributed by atoms with E-state index in [0.717, 1.165) is 0 Å². The summed E-state index contributed by atoms with van der Waals surface area (Å²) in [6.45, 7) is 4.47. The smallest absolute Gasteiger partial charge is 0.326 e. The van der Waals surface area contributed by atoms with E-state index < -0.39 is 18.0 Å². The van der Waals surface area contributed by atoms with Gasteiger partial charge in [-0.05, 0) is 18.8 Å². The Morgan fingerprint density at radius 2 is 2.10 bits per heavy atom. The molecule has 0 radical (unpaired) electrons. The number of rotatable bonds is 5. The first kappa shape index (κ1) is 16.3. The monoisotopic (exact) mass is 285 g/mol. The lowest BCUT2D eigenvalue weighted by Gasteiger charge is -2.32. The second-order valence-electron chi connectivity index (χ2n) is 5.33. The standard InChI is InChI=1S/C13H23N3O4/c1-3-8(2)10(12(18)19)15-11(17)9-5-4-6-16(7-9)13(14)20/h8-10H,3-7H2,1-2H3,(H2,14,20)(H,15,17)(H,18,19)/t8?,9?,10-/m0/s1. The number of primary amides is 1. The number of urea groups is 1. The predicted octanol–water partition coefficient (Wildman–Crippen LogP) is 0.393. The number of likely N-dealkylation sites (tertiary alicyclic amines) is 1. The normalized spacial score (nSPS) is 21.9. The summed E-state index contributed by atoms with van der Waals surface area (Å²) in [6.07, 6.45) is 2.00. The summed E-state index contributed by atoms with van der Waals surface area (Å²) in [7, 11) is 0. The lowest BCUT2D eigenvalue weighted by atomic mass is 9.94. The highest BCUT2D eigenvalue weighted by atomic mass is 16.4. The van der Waals surface area contributed by atoms with Crippen LogP contribution in [0.1, 0.15) is 33.1 Å². The third kappa shape index (κ3) is 4.11. The van der Waals surface area contributed by atoms with Crippen molar-refractivity contribution >= 4 is 17.9 Å². The summed E-state index contributed by atoms with van der Waals surface area (Å²) in [6, 6.07) is -1.43. The topological polar surface area (TPSA) is 113 Å². The molecule has 20 heavy (non-hydrogen) atoms. The number of piperidine rings is 1. The fraction of sp³-hybridized carbons (Fsp3) is 0.769. The first-order valence-electron chi connectivity index (χ1n) is 6.94. The number of nitrogens with two attached hydrogens (primary N) is 1. The maximum atomic E-state index is 12.1. The molecule has 3 atom stereocenters. The number of nitrogens with one attached hydrogen (secondary N) is 1. The van der Waals surface area contributed by atoms with Crippen LogP contribution in [0.4, 0.5) is 4.79 Å². The van der Waals surface area contributed by atoms with E-state index >= 15 is 0 Å². The Bertz CT molecular complexity index is 386. The molecule has 3 amide bonds. The number of hydrogen-bond donors (Lipinski definition) is 3. The highest BCUT2D eigenvalue weighted by Crippen LogP contribution is 2.17. The molecule has 1 aliphatic rings. The SMILES string of the molecule is CCC(C)[C@H](NC(=O)C1CCCN(C(N)=O)C1)C(=O)O. The van der Waals surface area contributed by atoms with Crippen LogP contribution in [0.15, 0.2) is 0 Å². The van der Waals surface area contributed by atoms with Crippen LogP contribution in [-0.4, -0.2) is 47.0 Å². The summed E-state index contributed by atoms with van der Waals surface area (Å²) in [5.41, 5.74) is 5.21. The zero-order chi connectivity index (χ0) is 15.3. The number of carboxylic acids is 1. The average Bonchev–Trinajstić information content (AvgIpc) is 2.43. The lowest BCUT2D eigenvalue weighted by molar-refractivity contribution is -0.144. The number of carbonyl (C=O) groups is 3. The number of carbonyl (C=O) groups excluding carboxylic acids is 2. The van der Waals surface area contributed by atoms with E-state index in [0.29, 0.717) is 25.8 Å². The van der Waals surface area contributed by atoms with Gasteiger partial charge in [0.15, 0.2) is 0 Å². The average molecular weight is 285 g/mol. The summed E-state index contributed by atoms with van der Waals surface area (Å²) in [5.74, 6) is -1.88. The van der Waals surface area contributed by atoms with Gasteiger partial charge in [-0.15, -0.1) is 0 Å². The summed E-state index contributed by atoms with van der Waals surface area (Å²) in [4.78, 5) is 35.9. The van der Waals surface area contributed by atoms with Crippen LogP contribution in [-0.2, 0) is 9.59 Å². The number of aliphatic carboxylic acids is 1. The molecule has 0 bridgehead atoms. The van der Waals surface area contributed by atoms with Crippen molar-refractivity contribution in [3.05, 3.63) is 0 Å². The second kappa shape index (κ2) is 7.12. The fourth-order valence-corrected chi connectivity index (χ4v) is 2.35. The van der Waals surface area contributed by atoms with Crippen LogP contribution in [0.3, 0.4) is 0 Å². The zero-order valence-electron chi connectivity index (χ0n) is 12.0. The second-order valence-corrected chi connectivity index (χ2v) is 5.33. The predicted molar refractivity (Wildman–Crippen MR) is 72.9 cm³/mol. The van der Waals surface area contributed by atoms with Crippen molar-refractivity contribution in [1.82, 2.24) is 10.2 Å². The van der Waals surface area contributed by atoms with Gasteiger partial charge < -0.3 is 21.1 Å². The van der Waals surface area contributed by atoms with Gasteiger partial charge in [-0.3, -0.25) is 4.79 Å². The van der Waals surface area contributed by atoms with Crippen LogP contribution in [0.2, 0.25) is 0 Å². The Balaban J connectivity index is 2.64. The minimum Gasteiger partial charge on any atom is -0.480 e. The Morgan fingerprint density at radius 1 is 1.45 bits per heavy atom. The molecule has 114 valence electrons. The first-order chi connectivity index (χ1) is 9.36. The Labute approximate surface area is 118 Å². The molecule has 7 nitrogen and oxygen atoms in total. The third-order valence-corrected chi connectivity index (χ3v) is 3.88. The van der Waals surface area contributed by atoms with Crippen LogP contribution in [0.5, 0.6) is 0 Å². The van der Waals surface area contributed by atoms with Gasteiger partial charge in [0.05, 0.1) is 5.92 Å². The van der Waals surface area contributed by atoms with Crippen molar-refractivity contribution in [2.24, 2.45) is 17.6 Å². The molecule has 0 aromatic heterocycles. The lowest BCUT2D eigenvalue weighted by Crippen LogP contribution is -2.51. The van der Waals surface area contributed by atoms with Crippen molar-refractivity contribution < 1.29 is 19.5 Å². The minimum atomic E-state index is -1.03. The molecule has 2 unspecified atom stereocenters. The van der Waals surface area contributed by atoms with Gasteiger partial charge in [0.25, 0.3) is 0 Å². The van der Waals surface area contributed by atoms with E-state index in [1.807, 2.05) is 6.92 Å². The first-order valence-corrected chi connectivity index (χ1v) is 6.94. The molecule has 0 saturated carbocycles. The number of nitrogens with zero attached hydrogens (tertiary/aromatic N) is 1. The molecule has 0 aromatic carbocycles. The van der Waals surface area contributed by atoms with Crippen molar-refractivity contribution in [2.75, 3.05) is 13.1 Å². The Hall–Kier alpha value is -1.79. The molecule has 0 aromatic rings. The summed E-state index contributed by atoms with van der Waals surface area (Å²) in [5, 5.41) is 11.7. The number of hydrogen-bond acceptors (Lipinski definition) is 3. The van der Waals surface area contributed by atoms with Crippen LogP contribution >= 0.6 is 0 Å². The van der Waals surface area contributed by atoms with Crippen molar-refractivity contribution in [3.63, 3.8) is 0 Å². The molecule has 1 heterocycles. The molecule has 4 N–H and O–H groups in total. The van der Waals surface area contributed by atoms with E-state index in [1.165, 1.54) is 4.90 Å². The van der Waals surface area contributed by atoms with Crippen LogP contribution in [0.25, 0.3) is 0 Å². The van der Waals surface area contributed by atoms with Crippen molar-refractivity contribution in [3.8, 4) is 0 Å². The van der Waals surface area contributed by atoms with Gasteiger partial charge in [-0.1, -0.05) is 20.3 Å². The summed E-state index contributed by atoms with van der Waals surface area (Å²) >= 11 is 0. The third-order valence-electron chi connectivity index (χ3n) is 3.88. The van der Waals surface area contributed by atoms with E-state index in [2.05, 4.69) is 5.32 Å². The van der Waals surface area contributed by atoms with Gasteiger partial charge in [0.2, 0.25) is 5.91 Å². The van der Waals surface area contributed by atoms with E-state index in [4.69, 9.17) is 10.8 Å². The van der Waals surface area contributed by atoms with Crippen molar-refractivity contribution in [1.29, 1.82) is 0 Å². The van der Waals surface area contributed by atoms with Gasteiger partial charge >= 0.3 is 12.0 Å². The fourth-order valence-electron chi connectivity index (χ4n) is 2.35. The molecule has 1 rings (SSSR count). The molecule has 7 heteroatoms. The summed E-state index contributed by atoms with van der Waals surface area (Å²) < 4.78 is 0. The molecule has 0 aliphatic carbocycles. The molecule has 1 aliphatic heterocycles. The Kier molecular flexibility index (Phi) is 5.79. The van der Waals surface area contributed by atoms with Gasteiger partial charge in [-0.25, -0.2) is 9.59 Å². The molecular formula is C13H23N3O4. The Morgan fingerprint density at radius 3 is 2.60 bits per heavy atom. The van der Waals surface area contributed by atoms with Gasteiger partial charge in [0, 0.05) is 13.1 Å². The molecule has 1 saturated heterocycles. The van der Waals surface area contributed by atoms with Gasteiger partial charge in [0.1, 0.15) is 6.04 Å². The van der Waals surface area contributed by atoms with E-state index in [1.54, 1.807) is 6.92 Å². The minimum absolute atomic E-state index is 0.146. The van der Waals surface area contributed by atoms with E-state index in [-0.39, 0.29) is 24.3 Å². The van der Waals surface area contributed by atoms with Crippen LogP contribution < -0.4 is 11.1 Å². The van der Waals surface area contributed by atoms with Crippen LogP contribution in [0, 0.1) is 11.8 Å². The largest absolute Gasteiger partial charge is 0.480 e. The zero-order valence-corrected chi connectivity index (χ0v) is 12.0. The maximum absolute atomic E-state index is 12.1.